The third kappa shape index (κ3) is 15.4. The predicted molar refractivity (Wildman–Crippen MR) is 64.4 cm³/mol. The maximum atomic E-state index is 9.84. The number of likely N-dealkylation sites (N-methyl/N-ethyl adjacent to an activating group) is 1. The summed E-state index contributed by atoms with van der Waals surface area (Å²) >= 11 is 0. The Balaban J connectivity index is -0.000000214. The van der Waals surface area contributed by atoms with Gasteiger partial charge in [-0.15, -0.1) is 0 Å². The van der Waals surface area contributed by atoms with Crippen molar-refractivity contribution >= 4 is 5.97 Å². The van der Waals surface area contributed by atoms with E-state index >= 15 is 0 Å². The lowest BCUT2D eigenvalue weighted by Crippen LogP contribution is -3.00. The van der Waals surface area contributed by atoms with Gasteiger partial charge in [0.05, 0.1) is 34.3 Å². The Morgan fingerprint density at radius 2 is 1.56 bits per heavy atom. The van der Waals surface area contributed by atoms with Gasteiger partial charge in [0.1, 0.15) is 0 Å². The summed E-state index contributed by atoms with van der Waals surface area (Å²) in [6.07, 6.45) is 4.98. The van der Waals surface area contributed by atoms with Crippen LogP contribution in [-0.2, 0) is 9.53 Å². The number of quaternary nitrogens is 1. The molecule has 0 aromatic rings. The largest absolute Gasteiger partial charge is 1.00 e. The van der Waals surface area contributed by atoms with Gasteiger partial charge in [0.15, 0.2) is 0 Å². The molecule has 0 aliphatic carbocycles. The lowest BCUT2D eigenvalue weighted by molar-refractivity contribution is -0.878. The molecular formula is C12H22ClNO2. The number of esters is 1. The fourth-order valence-electron chi connectivity index (χ4n) is 0.857. The zero-order valence-corrected chi connectivity index (χ0v) is 11.2. The number of carbonyl (C=O) groups excluding carboxylic acids is 1. The van der Waals surface area contributed by atoms with Crippen LogP contribution < -0.4 is 12.4 Å². The van der Waals surface area contributed by atoms with Crippen molar-refractivity contribution in [3.05, 3.63) is 38.0 Å². The highest BCUT2D eigenvalue weighted by Crippen LogP contribution is 1.95. The van der Waals surface area contributed by atoms with E-state index in [9.17, 15) is 4.79 Å². The van der Waals surface area contributed by atoms with Gasteiger partial charge in [-0.25, -0.2) is 4.79 Å². The average Bonchev–Trinajstić information content (AvgIpc) is 2.17. The highest BCUT2D eigenvalue weighted by atomic mass is 35.5. The van der Waals surface area contributed by atoms with Crippen LogP contribution in [-0.4, -0.2) is 44.7 Å². The Morgan fingerprint density at radius 1 is 1.19 bits per heavy atom. The second-order valence-electron chi connectivity index (χ2n) is 3.61. The lowest BCUT2D eigenvalue weighted by Gasteiger charge is -2.26. The van der Waals surface area contributed by atoms with Crippen molar-refractivity contribution in [2.75, 3.05) is 34.3 Å². The zero-order chi connectivity index (χ0) is 12.3. The molecule has 16 heavy (non-hydrogen) atoms. The van der Waals surface area contributed by atoms with Crippen LogP contribution in [0.5, 0.6) is 0 Å². The van der Waals surface area contributed by atoms with Crippen molar-refractivity contribution in [2.24, 2.45) is 0 Å². The summed E-state index contributed by atoms with van der Waals surface area (Å²) in [6.45, 7) is 12.5. The average molecular weight is 248 g/mol. The van der Waals surface area contributed by atoms with E-state index in [-0.39, 0.29) is 12.4 Å². The lowest BCUT2D eigenvalue weighted by atomic mass is 10.4. The Bertz CT molecular complexity index is 213. The second-order valence-corrected chi connectivity index (χ2v) is 3.61. The van der Waals surface area contributed by atoms with Crippen molar-refractivity contribution in [1.82, 2.24) is 0 Å². The summed E-state index contributed by atoms with van der Waals surface area (Å²) in [5, 5.41) is 0. The minimum atomic E-state index is -0.394. The molecule has 0 saturated heterocycles. The van der Waals surface area contributed by atoms with Crippen LogP contribution in [0.1, 0.15) is 0 Å². The second kappa shape index (κ2) is 12.0. The molecule has 0 aliphatic rings. The smallest absolute Gasteiger partial charge is 0.329 e. The SMILES string of the molecule is C=CC(=O)OC.C=CC[N+](C)(C)CC=C.[Cl-]. The van der Waals surface area contributed by atoms with E-state index in [2.05, 4.69) is 38.6 Å². The number of rotatable bonds is 5. The van der Waals surface area contributed by atoms with Gasteiger partial charge in [-0.2, -0.15) is 0 Å². The van der Waals surface area contributed by atoms with Crippen molar-refractivity contribution in [3.8, 4) is 0 Å². The first-order chi connectivity index (χ1) is 6.93. The third-order valence-corrected chi connectivity index (χ3v) is 1.61. The Hall–Kier alpha value is -1.06. The molecule has 0 heterocycles. The zero-order valence-electron chi connectivity index (χ0n) is 10.4. The first kappa shape index (κ1) is 20.4. The van der Waals surface area contributed by atoms with Gasteiger partial charge in [0, 0.05) is 6.08 Å². The molecule has 0 saturated carbocycles. The van der Waals surface area contributed by atoms with E-state index in [1.807, 2.05) is 12.2 Å². The molecule has 0 radical (unpaired) electrons. The van der Waals surface area contributed by atoms with Crippen LogP contribution in [0.25, 0.3) is 0 Å². The summed E-state index contributed by atoms with van der Waals surface area (Å²) < 4.78 is 5.09. The highest BCUT2D eigenvalue weighted by Gasteiger charge is 2.07. The number of ether oxygens (including phenoxy) is 1. The van der Waals surface area contributed by atoms with E-state index < -0.39 is 5.97 Å². The number of methoxy groups -OCH3 is 1. The molecule has 0 spiro atoms. The van der Waals surface area contributed by atoms with Crippen LogP contribution in [0.4, 0.5) is 0 Å². The molecule has 0 N–H and O–H groups in total. The fourth-order valence-corrected chi connectivity index (χ4v) is 0.857. The molecule has 0 aliphatic heterocycles. The van der Waals surface area contributed by atoms with Gasteiger partial charge in [-0.05, 0) is 12.2 Å². The number of hydrogen-bond acceptors (Lipinski definition) is 2. The van der Waals surface area contributed by atoms with Gasteiger partial charge in [0.25, 0.3) is 0 Å². The molecule has 3 nitrogen and oxygen atoms in total. The van der Waals surface area contributed by atoms with Crippen LogP contribution in [0.2, 0.25) is 0 Å². The van der Waals surface area contributed by atoms with Gasteiger partial charge >= 0.3 is 5.97 Å². The van der Waals surface area contributed by atoms with E-state index in [1.54, 1.807) is 0 Å². The molecule has 4 heteroatoms. The first-order valence-electron chi connectivity index (χ1n) is 4.67. The van der Waals surface area contributed by atoms with Gasteiger partial charge < -0.3 is 21.6 Å². The van der Waals surface area contributed by atoms with Crippen molar-refractivity contribution in [1.29, 1.82) is 0 Å². The minimum Gasteiger partial charge on any atom is -1.00 e. The Labute approximate surface area is 105 Å². The number of nitrogens with zero attached hydrogens (tertiary/aromatic N) is 1. The standard InChI is InChI=1S/C8H16N.C4H6O2.ClH/c1-5-7-9(3,4)8-6-2;1-3-4(5)6-2;/h5-6H,1-2,7-8H2,3-4H3;3H,1H2,2H3;1H/q+1;;/p-1. The molecule has 0 fully saturated rings. The van der Waals surface area contributed by atoms with Crippen molar-refractivity contribution in [3.63, 3.8) is 0 Å². The molecule has 0 bridgehead atoms. The van der Waals surface area contributed by atoms with Crippen LogP contribution in [0.15, 0.2) is 38.0 Å². The minimum absolute atomic E-state index is 0. The van der Waals surface area contributed by atoms with E-state index in [4.69, 9.17) is 0 Å². The molecule has 0 amide bonds. The summed E-state index contributed by atoms with van der Waals surface area (Å²) in [4.78, 5) is 9.84. The number of hydrogen-bond donors (Lipinski definition) is 0. The van der Waals surface area contributed by atoms with E-state index in [0.717, 1.165) is 23.6 Å². The summed E-state index contributed by atoms with van der Waals surface area (Å²) in [5.74, 6) is -0.394. The summed E-state index contributed by atoms with van der Waals surface area (Å²) in [6, 6.07) is 0. The first-order valence-corrected chi connectivity index (χ1v) is 4.67. The van der Waals surface area contributed by atoms with Gasteiger partial charge in [-0.1, -0.05) is 19.7 Å². The van der Waals surface area contributed by atoms with Crippen LogP contribution >= 0.6 is 0 Å². The van der Waals surface area contributed by atoms with E-state index in [0.29, 0.717) is 0 Å². The summed E-state index contributed by atoms with van der Waals surface area (Å²) in [5.41, 5.74) is 0. The van der Waals surface area contributed by atoms with E-state index in [1.165, 1.54) is 7.11 Å². The molecule has 0 aromatic heterocycles. The normalized spacial score (nSPS) is 8.69. The predicted octanol–water partition coefficient (Wildman–Crippen LogP) is -1.22. The maximum Gasteiger partial charge on any atom is 0.329 e. The molecule has 0 atom stereocenters. The van der Waals surface area contributed by atoms with Crippen molar-refractivity contribution in [2.45, 2.75) is 0 Å². The molecule has 0 rings (SSSR count). The van der Waals surface area contributed by atoms with Crippen molar-refractivity contribution < 1.29 is 26.4 Å². The quantitative estimate of drug-likeness (QED) is 0.264. The Morgan fingerprint density at radius 3 is 1.69 bits per heavy atom. The van der Waals surface area contributed by atoms with Crippen LogP contribution in [0.3, 0.4) is 0 Å². The van der Waals surface area contributed by atoms with Gasteiger partial charge in [0.2, 0.25) is 0 Å². The Kier molecular flexibility index (Phi) is 15.3. The summed E-state index contributed by atoms with van der Waals surface area (Å²) in [7, 11) is 5.62. The third-order valence-electron chi connectivity index (χ3n) is 1.61. The monoisotopic (exact) mass is 247 g/mol. The highest BCUT2D eigenvalue weighted by molar-refractivity contribution is 5.80. The number of halogens is 1. The molecule has 94 valence electrons. The fraction of sp³-hybridized carbons (Fsp3) is 0.417. The van der Waals surface area contributed by atoms with Crippen LogP contribution in [0, 0.1) is 0 Å². The molecular weight excluding hydrogens is 226 g/mol. The maximum absolute atomic E-state index is 9.84. The topological polar surface area (TPSA) is 26.3 Å². The number of carbonyl (C=O) groups is 1. The molecule has 0 aromatic carbocycles. The molecule has 0 unspecified atom stereocenters. The van der Waals surface area contributed by atoms with Gasteiger partial charge in [-0.3, -0.25) is 0 Å².